The van der Waals surface area contributed by atoms with E-state index in [9.17, 15) is 19.8 Å². The van der Waals surface area contributed by atoms with E-state index >= 15 is 0 Å². The summed E-state index contributed by atoms with van der Waals surface area (Å²) in [6.45, 7) is 17.2. The van der Waals surface area contributed by atoms with Gasteiger partial charge < -0.3 is 21.7 Å². The highest BCUT2D eigenvalue weighted by molar-refractivity contribution is 5.92. The monoisotopic (exact) mass is 504 g/mol. The number of fused-ring (bicyclic) bond motifs is 5. The summed E-state index contributed by atoms with van der Waals surface area (Å²) in [6, 6.07) is 0. The zero-order chi connectivity index (χ0) is 27.3. The van der Waals surface area contributed by atoms with E-state index in [0.717, 1.165) is 38.5 Å². The second-order valence-electron chi connectivity index (χ2n) is 15.0. The number of carbonyl (C=O) groups is 2. The molecule has 6 N–H and O–H groups in total. The van der Waals surface area contributed by atoms with Crippen molar-refractivity contribution < 1.29 is 19.8 Å². The highest BCUT2D eigenvalue weighted by atomic mass is 16.4. The minimum absolute atomic E-state index is 0.102. The predicted molar refractivity (Wildman–Crippen MR) is 142 cm³/mol. The van der Waals surface area contributed by atoms with Gasteiger partial charge in [0, 0.05) is 12.0 Å². The maximum atomic E-state index is 14.6. The molecule has 0 aromatic heterocycles. The first-order valence-corrected chi connectivity index (χ1v) is 14.3. The largest absolute Gasteiger partial charge is 0.481 e. The molecule has 4 aliphatic carbocycles. The zero-order valence-electron chi connectivity index (χ0n) is 24.0. The van der Waals surface area contributed by atoms with E-state index in [1.165, 1.54) is 0 Å². The summed E-state index contributed by atoms with van der Waals surface area (Å²) < 4.78 is 0. The maximum Gasteiger partial charge on any atom is 0.306 e. The fraction of sp³-hybridized carbons (Fsp3) is 0.933. The molecule has 6 nitrogen and oxygen atoms in total. The molecule has 0 aromatic rings. The van der Waals surface area contributed by atoms with Gasteiger partial charge in [0.25, 0.3) is 0 Å². The number of aliphatic hydroxyl groups is 1. The minimum atomic E-state index is -1.01. The number of aliphatic hydroxyl groups excluding tert-OH is 1. The van der Waals surface area contributed by atoms with E-state index in [2.05, 4.69) is 48.5 Å². The second-order valence-corrected chi connectivity index (χ2v) is 15.0. The van der Waals surface area contributed by atoms with Crippen molar-refractivity contribution in [3.8, 4) is 0 Å². The zero-order valence-corrected chi connectivity index (χ0v) is 24.0. The van der Waals surface area contributed by atoms with Crippen molar-refractivity contribution in [2.45, 2.75) is 130 Å². The minimum Gasteiger partial charge on any atom is -0.481 e. The van der Waals surface area contributed by atoms with Crippen molar-refractivity contribution in [1.29, 1.82) is 0 Å². The second kappa shape index (κ2) is 8.02. The summed E-state index contributed by atoms with van der Waals surface area (Å²) in [5.41, 5.74) is 11.5. The molecule has 206 valence electrons. The molecule has 4 fully saturated rings. The highest BCUT2D eigenvalue weighted by Gasteiger charge is 2.78. The van der Waals surface area contributed by atoms with Crippen molar-refractivity contribution in [1.82, 2.24) is 0 Å². The van der Waals surface area contributed by atoms with Crippen molar-refractivity contribution in [3.05, 3.63) is 0 Å². The Morgan fingerprint density at radius 3 is 2.14 bits per heavy atom. The number of hydrogen-bond acceptors (Lipinski definition) is 5. The maximum absolute atomic E-state index is 14.6. The van der Waals surface area contributed by atoms with Crippen LogP contribution in [0, 0.1) is 44.8 Å². The fourth-order valence-corrected chi connectivity index (χ4v) is 10.7. The van der Waals surface area contributed by atoms with Crippen molar-refractivity contribution in [3.63, 3.8) is 0 Å². The van der Waals surface area contributed by atoms with Crippen LogP contribution in [0.5, 0.6) is 0 Å². The Kier molecular flexibility index (Phi) is 6.24. The molecule has 0 aliphatic heterocycles. The molecular formula is C30H52N2O4. The Bertz CT molecular complexity index is 951. The Morgan fingerprint density at radius 1 is 0.972 bits per heavy atom. The molecule has 0 saturated heterocycles. The fourth-order valence-electron chi connectivity index (χ4n) is 10.7. The Hall–Kier alpha value is -0.980. The van der Waals surface area contributed by atoms with Crippen LogP contribution in [-0.4, -0.2) is 39.1 Å². The first-order chi connectivity index (χ1) is 16.3. The van der Waals surface area contributed by atoms with Gasteiger partial charge in [0.2, 0.25) is 0 Å². The third-order valence-electron chi connectivity index (χ3n) is 13.8. The number of aliphatic carboxylic acids is 1. The number of rotatable bonds is 4. The summed E-state index contributed by atoms with van der Waals surface area (Å²) in [4.78, 5) is 26.5. The lowest BCUT2D eigenvalue weighted by Gasteiger charge is -2.77. The molecule has 0 amide bonds. The average molecular weight is 505 g/mol. The first kappa shape index (κ1) is 28.0. The van der Waals surface area contributed by atoms with E-state index < -0.39 is 33.8 Å². The van der Waals surface area contributed by atoms with Crippen LogP contribution in [0.15, 0.2) is 0 Å². The molecule has 0 radical (unpaired) electrons. The molecule has 0 bridgehead atoms. The lowest BCUT2D eigenvalue weighted by Crippen LogP contribution is -2.84. The third kappa shape index (κ3) is 3.01. The number of Topliss-reactive ketones (excluding diaryl/α,β-unsaturated/α-hetero) is 1. The van der Waals surface area contributed by atoms with Crippen LogP contribution in [0.2, 0.25) is 0 Å². The summed E-state index contributed by atoms with van der Waals surface area (Å²) in [5, 5.41) is 20.8. The molecule has 6 heteroatoms. The number of hydrogen-bond donors (Lipinski definition) is 4. The van der Waals surface area contributed by atoms with Crippen molar-refractivity contribution in [2.75, 3.05) is 0 Å². The number of carbonyl (C=O) groups excluding carboxylic acids is 1. The Labute approximate surface area is 218 Å². The molecule has 4 aliphatic rings. The molecule has 0 heterocycles. The van der Waals surface area contributed by atoms with Crippen LogP contribution < -0.4 is 11.5 Å². The number of carboxylic acids is 1. The summed E-state index contributed by atoms with van der Waals surface area (Å²) in [6.07, 6.45) is 6.16. The van der Waals surface area contributed by atoms with Gasteiger partial charge in [-0.15, -0.1) is 0 Å². The quantitative estimate of drug-likeness (QED) is 0.431. The number of ketones is 1. The van der Waals surface area contributed by atoms with Gasteiger partial charge in [0.1, 0.15) is 0 Å². The van der Waals surface area contributed by atoms with Gasteiger partial charge in [-0.1, -0.05) is 55.4 Å². The molecule has 4 saturated carbocycles. The molecule has 0 aromatic carbocycles. The van der Waals surface area contributed by atoms with Gasteiger partial charge in [-0.3, -0.25) is 9.59 Å². The number of nitrogens with two attached hydrogens (primary N) is 2. The standard InChI is InChI=1S/C30H52N2O4/c1-9-25(5)14-15-26(6)20(29(25,31)17-18(2)23(35)36)16-22(34)30(32)27(7)12-11-21(33)24(3,4)19(27)10-13-28(26,30)8/h18-21,33H,9-17,31-32H2,1-8H3,(H,35,36). The molecule has 10 atom stereocenters. The normalized spacial score (nSPS) is 53.1. The van der Waals surface area contributed by atoms with Crippen LogP contribution in [-0.2, 0) is 9.59 Å². The summed E-state index contributed by atoms with van der Waals surface area (Å²) in [7, 11) is 0. The van der Waals surface area contributed by atoms with Crippen molar-refractivity contribution in [2.24, 2.45) is 56.3 Å². The third-order valence-corrected chi connectivity index (χ3v) is 13.8. The van der Waals surface area contributed by atoms with E-state index in [4.69, 9.17) is 11.5 Å². The van der Waals surface area contributed by atoms with Gasteiger partial charge in [-0.2, -0.15) is 0 Å². The van der Waals surface area contributed by atoms with Gasteiger partial charge in [0.05, 0.1) is 17.6 Å². The van der Waals surface area contributed by atoms with E-state index in [1.54, 1.807) is 6.92 Å². The Balaban J connectivity index is 1.88. The molecule has 36 heavy (non-hydrogen) atoms. The van der Waals surface area contributed by atoms with E-state index in [0.29, 0.717) is 19.3 Å². The van der Waals surface area contributed by atoms with Crippen LogP contribution in [0.1, 0.15) is 113 Å². The molecular weight excluding hydrogens is 452 g/mol. The molecule has 4 rings (SSSR count). The van der Waals surface area contributed by atoms with Crippen LogP contribution in [0.25, 0.3) is 0 Å². The Morgan fingerprint density at radius 2 is 1.58 bits per heavy atom. The van der Waals surface area contributed by atoms with Gasteiger partial charge >= 0.3 is 5.97 Å². The first-order valence-electron chi connectivity index (χ1n) is 14.3. The smallest absolute Gasteiger partial charge is 0.306 e. The predicted octanol–water partition coefficient (Wildman–Crippen LogP) is 4.90. The van der Waals surface area contributed by atoms with Gasteiger partial charge in [-0.25, -0.2) is 0 Å². The van der Waals surface area contributed by atoms with Crippen LogP contribution in [0.4, 0.5) is 0 Å². The molecule has 10 unspecified atom stereocenters. The SMILES string of the molecule is CCC1(C)CCC2(C)C(CC(=O)C3(N)C4(C)CCC(O)C(C)(C)C4CCC23C)C1(N)CC(C)C(=O)O. The number of carboxylic acid groups (broad SMARTS) is 1. The molecule has 0 spiro atoms. The lowest BCUT2D eigenvalue weighted by molar-refractivity contribution is -0.249. The lowest BCUT2D eigenvalue weighted by atomic mass is 9.28. The van der Waals surface area contributed by atoms with Crippen LogP contribution >= 0.6 is 0 Å². The summed E-state index contributed by atoms with van der Waals surface area (Å²) >= 11 is 0. The summed E-state index contributed by atoms with van der Waals surface area (Å²) in [5.74, 6) is -1.27. The van der Waals surface area contributed by atoms with Gasteiger partial charge in [-0.05, 0) is 90.3 Å². The van der Waals surface area contributed by atoms with E-state index in [-0.39, 0.29) is 40.0 Å². The van der Waals surface area contributed by atoms with Crippen LogP contribution in [0.3, 0.4) is 0 Å². The average Bonchev–Trinajstić information content (AvgIpc) is 2.79. The highest BCUT2D eigenvalue weighted by Crippen LogP contribution is 2.76. The van der Waals surface area contributed by atoms with E-state index in [1.807, 2.05) is 0 Å². The topological polar surface area (TPSA) is 127 Å². The van der Waals surface area contributed by atoms with Crippen molar-refractivity contribution >= 4 is 11.8 Å². The van der Waals surface area contributed by atoms with Gasteiger partial charge in [0.15, 0.2) is 5.78 Å².